The first kappa shape index (κ1) is 97.5. The van der Waals surface area contributed by atoms with E-state index in [0.717, 1.165) is 193 Å². The predicted octanol–water partition coefficient (Wildman–Crippen LogP) is 23.1. The predicted molar refractivity (Wildman–Crippen MR) is 418 cm³/mol. The van der Waals surface area contributed by atoms with Gasteiger partial charge in [0.15, 0.2) is 12.2 Å². The van der Waals surface area contributed by atoms with Crippen molar-refractivity contribution in [3.63, 3.8) is 0 Å². The Bertz CT molecular complexity index is 2410. The van der Waals surface area contributed by atoms with Crippen LogP contribution >= 0.6 is 15.6 Å². The molecule has 0 saturated heterocycles. The maximum atomic E-state index is 13.1. The molecule has 0 aromatic rings. The number of hydrogen-bond donors (Lipinski definition) is 3. The summed E-state index contributed by atoms with van der Waals surface area (Å²) in [4.78, 5) is 73.0. The van der Waals surface area contributed by atoms with Crippen molar-refractivity contribution in [1.29, 1.82) is 0 Å². The molecule has 5 unspecified atom stereocenters. The molecule has 0 radical (unpaired) electrons. The van der Waals surface area contributed by atoms with E-state index in [1.165, 1.54) is 51.4 Å². The quantitative estimate of drug-likeness (QED) is 0.0169. The third-order valence-electron chi connectivity index (χ3n) is 16.4. The number of carbonyl (C=O) groups excluding carboxylic acids is 4. The Morgan fingerprint density at radius 2 is 0.529 bits per heavy atom. The highest BCUT2D eigenvalue weighted by Gasteiger charge is 2.30. The zero-order chi connectivity index (χ0) is 74.6. The maximum Gasteiger partial charge on any atom is 0.472 e. The molecule has 586 valence electrons. The lowest BCUT2D eigenvalue weighted by Gasteiger charge is -2.21. The zero-order valence-electron chi connectivity index (χ0n) is 64.0. The molecule has 5 atom stereocenters. The maximum absolute atomic E-state index is 13.1. The topological polar surface area (TPSA) is 237 Å². The van der Waals surface area contributed by atoms with E-state index in [0.29, 0.717) is 25.7 Å². The highest BCUT2D eigenvalue weighted by atomic mass is 31.2. The number of carbonyl (C=O) groups is 4. The van der Waals surface area contributed by atoms with Gasteiger partial charge < -0.3 is 33.8 Å². The molecule has 0 amide bonds. The minimum absolute atomic E-state index is 0.0746. The van der Waals surface area contributed by atoms with Crippen molar-refractivity contribution >= 4 is 39.5 Å². The van der Waals surface area contributed by atoms with Gasteiger partial charge in [-0.1, -0.05) is 290 Å². The second-order valence-corrected chi connectivity index (χ2v) is 29.2. The van der Waals surface area contributed by atoms with E-state index >= 15 is 0 Å². The molecule has 0 rings (SSSR count). The molecule has 0 bridgehead atoms. The van der Waals surface area contributed by atoms with Crippen molar-refractivity contribution in [2.75, 3.05) is 39.6 Å². The van der Waals surface area contributed by atoms with Crippen molar-refractivity contribution in [2.24, 2.45) is 0 Å². The molecule has 102 heavy (non-hydrogen) atoms. The molecular weight excluding hydrogens is 1330 g/mol. The van der Waals surface area contributed by atoms with Crippen LogP contribution in [0.3, 0.4) is 0 Å². The third kappa shape index (κ3) is 73.8. The Labute approximate surface area is 619 Å². The van der Waals surface area contributed by atoms with Crippen LogP contribution in [0.2, 0.25) is 0 Å². The minimum Gasteiger partial charge on any atom is -0.462 e. The summed E-state index contributed by atoms with van der Waals surface area (Å²) in [7, 11) is -9.97. The number of hydrogen-bond acceptors (Lipinski definition) is 15. The van der Waals surface area contributed by atoms with Gasteiger partial charge in [-0.05, 0) is 128 Å². The van der Waals surface area contributed by atoms with Crippen molar-refractivity contribution in [3.8, 4) is 0 Å². The van der Waals surface area contributed by atoms with E-state index in [2.05, 4.69) is 149 Å². The van der Waals surface area contributed by atoms with Gasteiger partial charge in [0.1, 0.15) is 19.3 Å². The molecule has 0 aliphatic heterocycles. The number of phosphoric ester groups is 2. The molecule has 0 saturated carbocycles. The molecular formula is C83H142O17P2. The Balaban J connectivity index is 5.36. The lowest BCUT2D eigenvalue weighted by atomic mass is 10.0. The summed E-state index contributed by atoms with van der Waals surface area (Å²) in [5, 5.41) is 10.6. The van der Waals surface area contributed by atoms with Crippen LogP contribution in [0.1, 0.15) is 323 Å². The number of aliphatic hydroxyl groups is 1. The minimum atomic E-state index is -4.98. The van der Waals surface area contributed by atoms with Crippen molar-refractivity contribution in [2.45, 2.75) is 341 Å². The third-order valence-corrected chi connectivity index (χ3v) is 18.3. The van der Waals surface area contributed by atoms with Gasteiger partial charge in [-0.2, -0.15) is 0 Å². The summed E-state index contributed by atoms with van der Waals surface area (Å²) in [6, 6.07) is 0. The number of esters is 4. The summed E-state index contributed by atoms with van der Waals surface area (Å²) in [6.45, 7) is 4.55. The fourth-order valence-electron chi connectivity index (χ4n) is 10.4. The van der Waals surface area contributed by atoms with Crippen LogP contribution in [0.5, 0.6) is 0 Å². The largest absolute Gasteiger partial charge is 0.472 e. The lowest BCUT2D eigenvalue weighted by molar-refractivity contribution is -0.161. The number of ether oxygens (including phenoxy) is 4. The fraction of sp³-hybridized carbons (Fsp3) is 0.711. The van der Waals surface area contributed by atoms with Crippen LogP contribution in [0.4, 0.5) is 0 Å². The average molecular weight is 1470 g/mol. The Hall–Kier alpha value is -4.54. The smallest absolute Gasteiger partial charge is 0.462 e. The van der Waals surface area contributed by atoms with Gasteiger partial charge in [-0.15, -0.1) is 0 Å². The van der Waals surface area contributed by atoms with Crippen molar-refractivity contribution < 1.29 is 80.2 Å². The first-order valence-electron chi connectivity index (χ1n) is 39.8. The van der Waals surface area contributed by atoms with E-state index < -0.39 is 97.5 Å². The van der Waals surface area contributed by atoms with E-state index in [-0.39, 0.29) is 25.7 Å². The van der Waals surface area contributed by atoms with Gasteiger partial charge in [0.25, 0.3) is 0 Å². The SMILES string of the molecule is CC/C=C\C/C=C\C/C=C\C/C=C\C/C=C\CCCCCC(=O)OCC(COP(=O)(O)OCC(O)COP(=O)(O)OCC(COC(=O)CCCCCCCCC/C=C\C/C=C\C/C=C\CC)OC(=O)CCCCCCC/C=C\C/C=C\CCC)OC(=O)CCCCCCCCCCCCCCC. The summed E-state index contributed by atoms with van der Waals surface area (Å²) in [5.41, 5.74) is 0. The van der Waals surface area contributed by atoms with Crippen LogP contribution in [-0.4, -0.2) is 96.7 Å². The monoisotopic (exact) mass is 1470 g/mol. The molecule has 0 aliphatic rings. The number of unbranched alkanes of at least 4 members (excludes halogenated alkanes) is 28. The van der Waals surface area contributed by atoms with Gasteiger partial charge >= 0.3 is 39.5 Å². The first-order chi connectivity index (χ1) is 49.7. The van der Waals surface area contributed by atoms with Gasteiger partial charge in [0.2, 0.25) is 0 Å². The van der Waals surface area contributed by atoms with Crippen molar-refractivity contribution in [3.05, 3.63) is 122 Å². The van der Waals surface area contributed by atoms with Gasteiger partial charge in [0.05, 0.1) is 26.4 Å². The van der Waals surface area contributed by atoms with Gasteiger partial charge in [-0.25, -0.2) is 9.13 Å². The summed E-state index contributed by atoms with van der Waals surface area (Å²) < 4.78 is 68.6. The molecule has 17 nitrogen and oxygen atoms in total. The van der Waals surface area contributed by atoms with Crippen LogP contribution in [0, 0.1) is 0 Å². The van der Waals surface area contributed by atoms with Crippen LogP contribution in [0.25, 0.3) is 0 Å². The Morgan fingerprint density at radius 1 is 0.284 bits per heavy atom. The zero-order valence-corrected chi connectivity index (χ0v) is 65.8. The number of aliphatic hydroxyl groups excluding tert-OH is 1. The summed E-state index contributed by atoms with van der Waals surface area (Å²) in [5.74, 6) is -2.23. The molecule has 3 N–H and O–H groups in total. The van der Waals surface area contributed by atoms with E-state index in [4.69, 9.17) is 37.0 Å². The molecule has 0 fully saturated rings. The standard InChI is InChI=1S/C83H142O17P2/c1-5-9-13-17-21-25-29-33-35-37-38-40-42-46-48-52-56-60-64-68-81(86)94-74-79(100-83(88)70-66-62-58-54-50-44-32-28-24-20-16-12-8-4)76-98-102(91,92)96-72-77(84)71-95-101(89,90)97-75-78(99-82(87)69-65-61-57-53-49-43-31-27-23-19-15-11-7-3)73-93-80(85)67-63-59-55-51-47-45-41-39-36-34-30-26-22-18-14-10-6-2/h9-10,13-15,19,21-22,25-27,31,33-36,38,40,46,48,77-79,84H,5-8,11-12,16-18,20,23-24,28-30,32,37,39,41-45,47,49-76H2,1-4H3,(H,89,90)(H,91,92)/b13-9-,14-10-,19-15-,25-21-,26-22-,31-27-,35-33-,36-34-,40-38-,48-46-. The summed E-state index contributed by atoms with van der Waals surface area (Å²) >= 11 is 0. The first-order valence-corrected chi connectivity index (χ1v) is 42.8. The van der Waals surface area contributed by atoms with Gasteiger partial charge in [0, 0.05) is 25.7 Å². The highest BCUT2D eigenvalue weighted by Crippen LogP contribution is 2.45. The second kappa shape index (κ2) is 74.7. The van der Waals surface area contributed by atoms with E-state index in [1.54, 1.807) is 0 Å². The molecule has 0 aromatic carbocycles. The van der Waals surface area contributed by atoms with Crippen LogP contribution in [-0.2, 0) is 65.4 Å². The normalized spacial score (nSPS) is 14.5. The van der Waals surface area contributed by atoms with Crippen LogP contribution in [0.15, 0.2) is 122 Å². The van der Waals surface area contributed by atoms with Crippen LogP contribution < -0.4 is 0 Å². The number of allylic oxidation sites excluding steroid dienone is 20. The number of phosphoric acid groups is 2. The Morgan fingerprint density at radius 3 is 0.833 bits per heavy atom. The average Bonchev–Trinajstić information content (AvgIpc) is 0.909. The molecule has 0 heterocycles. The lowest BCUT2D eigenvalue weighted by Crippen LogP contribution is -2.30. The highest BCUT2D eigenvalue weighted by molar-refractivity contribution is 7.47. The Kier molecular flexibility index (Phi) is 71.4. The molecule has 0 aromatic heterocycles. The summed E-state index contributed by atoms with van der Waals surface area (Å²) in [6.07, 6.45) is 81.8. The number of rotatable bonds is 74. The van der Waals surface area contributed by atoms with Gasteiger partial charge in [-0.3, -0.25) is 37.3 Å². The molecule has 0 aliphatic carbocycles. The van der Waals surface area contributed by atoms with E-state index in [9.17, 15) is 43.2 Å². The second-order valence-electron chi connectivity index (χ2n) is 26.2. The van der Waals surface area contributed by atoms with Crippen molar-refractivity contribution in [1.82, 2.24) is 0 Å². The van der Waals surface area contributed by atoms with E-state index in [1.807, 2.05) is 0 Å². The fourth-order valence-corrected chi connectivity index (χ4v) is 12.0. The molecule has 19 heteroatoms. The molecule has 0 spiro atoms.